The Morgan fingerprint density at radius 3 is 2.39 bits per heavy atom. The lowest BCUT2D eigenvalue weighted by Crippen LogP contribution is -2.11. The second-order valence-corrected chi connectivity index (χ2v) is 6.95. The molecule has 0 aliphatic carbocycles. The van der Waals surface area contributed by atoms with Crippen LogP contribution in [-0.2, 0) is 0 Å². The number of nitrogens with zero attached hydrogens (tertiary/aromatic N) is 4. The van der Waals surface area contributed by atoms with Gasteiger partial charge in [0.2, 0.25) is 5.88 Å². The highest BCUT2D eigenvalue weighted by molar-refractivity contribution is 9.10. The van der Waals surface area contributed by atoms with Crippen LogP contribution in [0.2, 0.25) is 0 Å². The predicted octanol–water partition coefficient (Wildman–Crippen LogP) is 4.83. The maximum absolute atomic E-state index is 5.56. The van der Waals surface area contributed by atoms with Gasteiger partial charge in [-0.3, -0.25) is 4.90 Å². The standard InChI is InChI=1S/C20H17BrN4O3/c1-25(19-10-15(24-28-19)12-4-6-13(21)7-5-12)20-14-8-17(26-2)18(27-3)9-16(14)22-11-23-20/h4-11H,1-3H3. The van der Waals surface area contributed by atoms with Gasteiger partial charge in [0, 0.05) is 34.6 Å². The smallest absolute Gasteiger partial charge is 0.233 e. The van der Waals surface area contributed by atoms with E-state index in [1.165, 1.54) is 6.33 Å². The number of hydrogen-bond acceptors (Lipinski definition) is 7. The molecule has 0 spiro atoms. The number of benzene rings is 2. The first-order valence-corrected chi connectivity index (χ1v) is 9.23. The van der Waals surface area contributed by atoms with E-state index in [1.54, 1.807) is 14.2 Å². The molecule has 4 rings (SSSR count). The summed E-state index contributed by atoms with van der Waals surface area (Å²) in [6.45, 7) is 0. The molecular formula is C20H17BrN4O3. The Balaban J connectivity index is 1.75. The third kappa shape index (κ3) is 3.27. The molecule has 0 aliphatic rings. The highest BCUT2D eigenvalue weighted by Crippen LogP contribution is 2.36. The monoisotopic (exact) mass is 440 g/mol. The molecule has 8 heteroatoms. The van der Waals surface area contributed by atoms with E-state index in [0.717, 1.165) is 26.6 Å². The highest BCUT2D eigenvalue weighted by Gasteiger charge is 2.18. The van der Waals surface area contributed by atoms with Crippen molar-refractivity contribution in [3.63, 3.8) is 0 Å². The molecule has 0 aliphatic heterocycles. The van der Waals surface area contributed by atoms with Crippen molar-refractivity contribution < 1.29 is 14.0 Å². The van der Waals surface area contributed by atoms with Crippen LogP contribution in [0.25, 0.3) is 22.2 Å². The molecule has 2 aromatic carbocycles. The third-order valence-electron chi connectivity index (χ3n) is 4.41. The molecule has 4 aromatic rings. The first-order chi connectivity index (χ1) is 13.6. The average molecular weight is 441 g/mol. The number of halogens is 1. The van der Waals surface area contributed by atoms with Gasteiger partial charge >= 0.3 is 0 Å². The quantitative estimate of drug-likeness (QED) is 0.439. The zero-order valence-corrected chi connectivity index (χ0v) is 17.1. The van der Waals surface area contributed by atoms with Crippen molar-refractivity contribution in [3.8, 4) is 22.8 Å². The van der Waals surface area contributed by atoms with Crippen molar-refractivity contribution in [2.24, 2.45) is 0 Å². The Labute approximate surface area is 170 Å². The largest absolute Gasteiger partial charge is 0.493 e. The van der Waals surface area contributed by atoms with Crippen LogP contribution in [-0.4, -0.2) is 36.4 Å². The van der Waals surface area contributed by atoms with E-state index in [1.807, 2.05) is 54.4 Å². The summed E-state index contributed by atoms with van der Waals surface area (Å²) in [6, 6.07) is 13.4. The van der Waals surface area contributed by atoms with Crippen molar-refractivity contribution in [1.29, 1.82) is 0 Å². The number of aromatic nitrogens is 3. The van der Waals surface area contributed by atoms with Crippen molar-refractivity contribution in [2.75, 3.05) is 26.2 Å². The number of ether oxygens (including phenoxy) is 2. The average Bonchev–Trinajstić information content (AvgIpc) is 3.22. The van der Waals surface area contributed by atoms with Gasteiger partial charge in [0.05, 0.1) is 19.7 Å². The van der Waals surface area contributed by atoms with Gasteiger partial charge in [-0.25, -0.2) is 9.97 Å². The van der Waals surface area contributed by atoms with Crippen LogP contribution in [0.3, 0.4) is 0 Å². The molecule has 142 valence electrons. The van der Waals surface area contributed by atoms with Crippen LogP contribution in [0.5, 0.6) is 11.5 Å². The fraction of sp³-hybridized carbons (Fsp3) is 0.150. The van der Waals surface area contributed by atoms with Crippen molar-refractivity contribution in [2.45, 2.75) is 0 Å². The lowest BCUT2D eigenvalue weighted by Gasteiger charge is -2.17. The second kappa shape index (κ2) is 7.47. The molecular weight excluding hydrogens is 424 g/mol. The molecule has 0 amide bonds. The molecule has 0 atom stereocenters. The first-order valence-electron chi connectivity index (χ1n) is 8.44. The SMILES string of the molecule is COc1cc2ncnc(N(C)c3cc(-c4ccc(Br)cc4)no3)c2cc1OC. The summed E-state index contributed by atoms with van der Waals surface area (Å²) in [5, 5.41) is 4.99. The van der Waals surface area contributed by atoms with Gasteiger partial charge in [0.25, 0.3) is 0 Å². The van der Waals surface area contributed by atoms with Crippen LogP contribution >= 0.6 is 15.9 Å². The summed E-state index contributed by atoms with van der Waals surface area (Å²) in [4.78, 5) is 10.6. The molecule has 28 heavy (non-hydrogen) atoms. The van der Waals surface area contributed by atoms with Crippen molar-refractivity contribution in [1.82, 2.24) is 15.1 Å². The molecule has 0 saturated heterocycles. The van der Waals surface area contributed by atoms with E-state index in [0.29, 0.717) is 23.2 Å². The molecule has 7 nitrogen and oxygen atoms in total. The fourth-order valence-corrected chi connectivity index (χ4v) is 3.19. The summed E-state index contributed by atoms with van der Waals surface area (Å²) in [5.74, 6) is 2.45. The Hall–Kier alpha value is -3.13. The van der Waals surface area contributed by atoms with E-state index < -0.39 is 0 Å². The summed E-state index contributed by atoms with van der Waals surface area (Å²) in [6.07, 6.45) is 1.51. The van der Waals surface area contributed by atoms with Gasteiger partial charge in [0.1, 0.15) is 17.8 Å². The maximum Gasteiger partial charge on any atom is 0.233 e. The Kier molecular flexibility index (Phi) is 4.87. The third-order valence-corrected chi connectivity index (χ3v) is 4.93. The van der Waals surface area contributed by atoms with E-state index >= 15 is 0 Å². The Morgan fingerprint density at radius 1 is 0.964 bits per heavy atom. The maximum atomic E-state index is 5.56. The molecule has 2 heterocycles. The zero-order valence-electron chi connectivity index (χ0n) is 15.5. The van der Waals surface area contributed by atoms with Crippen LogP contribution in [0.1, 0.15) is 0 Å². The van der Waals surface area contributed by atoms with Crippen molar-refractivity contribution >= 4 is 38.5 Å². The molecule has 0 bridgehead atoms. The summed E-state index contributed by atoms with van der Waals surface area (Å²) in [5.41, 5.74) is 2.44. The van der Waals surface area contributed by atoms with Crippen LogP contribution < -0.4 is 14.4 Å². The minimum Gasteiger partial charge on any atom is -0.493 e. The molecule has 0 saturated carbocycles. The van der Waals surface area contributed by atoms with E-state index in [-0.39, 0.29) is 0 Å². The van der Waals surface area contributed by atoms with Crippen LogP contribution in [0, 0.1) is 0 Å². The number of methoxy groups -OCH3 is 2. The van der Waals surface area contributed by atoms with E-state index in [4.69, 9.17) is 14.0 Å². The van der Waals surface area contributed by atoms with Gasteiger partial charge in [-0.2, -0.15) is 0 Å². The van der Waals surface area contributed by atoms with Crippen molar-refractivity contribution in [3.05, 3.63) is 53.3 Å². The zero-order chi connectivity index (χ0) is 19.7. The van der Waals surface area contributed by atoms with Gasteiger partial charge in [-0.05, 0) is 18.2 Å². The summed E-state index contributed by atoms with van der Waals surface area (Å²) >= 11 is 3.44. The lowest BCUT2D eigenvalue weighted by atomic mass is 10.1. The second-order valence-electron chi connectivity index (χ2n) is 6.04. The first kappa shape index (κ1) is 18.2. The number of rotatable bonds is 5. The minimum absolute atomic E-state index is 0.563. The topological polar surface area (TPSA) is 73.5 Å². The fourth-order valence-electron chi connectivity index (χ4n) is 2.92. The number of anilines is 2. The van der Waals surface area contributed by atoms with Gasteiger partial charge in [-0.1, -0.05) is 33.2 Å². The molecule has 0 radical (unpaired) electrons. The minimum atomic E-state index is 0.563. The molecule has 0 N–H and O–H groups in total. The lowest BCUT2D eigenvalue weighted by molar-refractivity contribution is 0.356. The molecule has 0 unspecified atom stereocenters. The molecule has 2 aromatic heterocycles. The Bertz CT molecular complexity index is 1130. The summed E-state index contributed by atoms with van der Waals surface area (Å²) in [7, 11) is 5.05. The van der Waals surface area contributed by atoms with Gasteiger partial charge < -0.3 is 14.0 Å². The number of fused-ring (bicyclic) bond motifs is 1. The van der Waals surface area contributed by atoms with E-state index in [2.05, 4.69) is 31.1 Å². The van der Waals surface area contributed by atoms with Gasteiger partial charge in [-0.15, -0.1) is 0 Å². The van der Waals surface area contributed by atoms with E-state index in [9.17, 15) is 0 Å². The Morgan fingerprint density at radius 2 is 1.68 bits per heavy atom. The van der Waals surface area contributed by atoms with Crippen LogP contribution in [0.15, 0.2) is 57.8 Å². The number of hydrogen-bond donors (Lipinski definition) is 0. The van der Waals surface area contributed by atoms with Crippen LogP contribution in [0.4, 0.5) is 11.7 Å². The highest BCUT2D eigenvalue weighted by atomic mass is 79.9. The normalized spacial score (nSPS) is 10.9. The predicted molar refractivity (Wildman–Crippen MR) is 110 cm³/mol. The van der Waals surface area contributed by atoms with Gasteiger partial charge in [0.15, 0.2) is 11.5 Å². The molecule has 0 fully saturated rings. The summed E-state index contributed by atoms with van der Waals surface area (Å²) < 4.78 is 17.3.